The molecule has 4 rings (SSSR count). The highest BCUT2D eigenvalue weighted by molar-refractivity contribution is 5.92. The van der Waals surface area contributed by atoms with E-state index in [-0.39, 0.29) is 5.56 Å². The Morgan fingerprint density at radius 1 is 1.07 bits per heavy atom. The van der Waals surface area contributed by atoms with E-state index in [2.05, 4.69) is 10.3 Å². The highest BCUT2D eigenvalue weighted by atomic mass is 16.5. The minimum absolute atomic E-state index is 0.103. The van der Waals surface area contributed by atoms with Gasteiger partial charge in [-0.2, -0.15) is 5.10 Å². The van der Waals surface area contributed by atoms with Crippen LogP contribution in [0, 0.1) is 0 Å². The van der Waals surface area contributed by atoms with Gasteiger partial charge in [0.2, 0.25) is 0 Å². The van der Waals surface area contributed by atoms with Crippen LogP contribution in [0.25, 0.3) is 28.0 Å². The fourth-order valence-corrected chi connectivity index (χ4v) is 3.38. The Hall–Kier alpha value is -3.22. The molecule has 0 atom stereocenters. The SMILES string of the molecule is COCCCNCc1cc2c(-c3ccccc3)nn(-c3ccccc3)c2[nH]c1=O. The molecule has 0 saturated carbocycles. The van der Waals surface area contributed by atoms with Crippen LogP contribution < -0.4 is 10.9 Å². The summed E-state index contributed by atoms with van der Waals surface area (Å²) in [5.41, 5.74) is 4.05. The number of rotatable bonds is 8. The van der Waals surface area contributed by atoms with Crippen molar-refractivity contribution in [1.29, 1.82) is 0 Å². The highest BCUT2D eigenvalue weighted by Crippen LogP contribution is 2.28. The summed E-state index contributed by atoms with van der Waals surface area (Å²) in [5.74, 6) is 0. The average molecular weight is 388 g/mol. The van der Waals surface area contributed by atoms with Gasteiger partial charge < -0.3 is 15.0 Å². The van der Waals surface area contributed by atoms with Crippen molar-refractivity contribution in [3.8, 4) is 16.9 Å². The Morgan fingerprint density at radius 3 is 2.52 bits per heavy atom. The zero-order valence-corrected chi connectivity index (χ0v) is 16.4. The summed E-state index contributed by atoms with van der Waals surface area (Å²) >= 11 is 0. The average Bonchev–Trinajstić information content (AvgIpc) is 3.13. The van der Waals surface area contributed by atoms with Gasteiger partial charge in [-0.15, -0.1) is 0 Å². The third kappa shape index (κ3) is 4.13. The maximum absolute atomic E-state index is 12.7. The Morgan fingerprint density at radius 2 is 1.79 bits per heavy atom. The Balaban J connectivity index is 1.78. The van der Waals surface area contributed by atoms with Crippen LogP contribution in [-0.4, -0.2) is 35.0 Å². The van der Waals surface area contributed by atoms with E-state index in [0.717, 1.165) is 35.3 Å². The molecule has 0 aliphatic rings. The van der Waals surface area contributed by atoms with Crippen molar-refractivity contribution in [3.63, 3.8) is 0 Å². The highest BCUT2D eigenvalue weighted by Gasteiger charge is 2.16. The molecular weight excluding hydrogens is 364 g/mol. The van der Waals surface area contributed by atoms with Gasteiger partial charge in [0, 0.05) is 36.8 Å². The zero-order valence-electron chi connectivity index (χ0n) is 16.4. The Bertz CT molecular complexity index is 1130. The van der Waals surface area contributed by atoms with Crippen LogP contribution in [0.1, 0.15) is 12.0 Å². The fourth-order valence-electron chi connectivity index (χ4n) is 3.38. The summed E-state index contributed by atoms with van der Waals surface area (Å²) in [6.07, 6.45) is 0.901. The summed E-state index contributed by atoms with van der Waals surface area (Å²) in [6.45, 7) is 1.99. The van der Waals surface area contributed by atoms with Gasteiger partial charge in [-0.05, 0) is 31.2 Å². The molecule has 0 aliphatic carbocycles. The molecule has 2 N–H and O–H groups in total. The van der Waals surface area contributed by atoms with Crippen molar-refractivity contribution in [3.05, 3.63) is 82.6 Å². The van der Waals surface area contributed by atoms with Gasteiger partial charge in [-0.1, -0.05) is 48.5 Å². The molecule has 6 nitrogen and oxygen atoms in total. The lowest BCUT2D eigenvalue weighted by molar-refractivity contribution is 0.194. The normalized spacial score (nSPS) is 11.2. The molecule has 6 heteroatoms. The minimum atomic E-state index is -0.103. The Labute approximate surface area is 169 Å². The predicted octanol–water partition coefficient (Wildman–Crippen LogP) is 3.51. The largest absolute Gasteiger partial charge is 0.385 e. The third-order valence-electron chi connectivity index (χ3n) is 4.83. The van der Waals surface area contributed by atoms with Crippen LogP contribution >= 0.6 is 0 Å². The van der Waals surface area contributed by atoms with Gasteiger partial charge in [0.15, 0.2) is 0 Å². The maximum Gasteiger partial charge on any atom is 0.254 e. The molecule has 0 amide bonds. The lowest BCUT2D eigenvalue weighted by atomic mass is 10.1. The lowest BCUT2D eigenvalue weighted by Gasteiger charge is -2.06. The van der Waals surface area contributed by atoms with Gasteiger partial charge in [-0.3, -0.25) is 4.79 Å². The first-order valence-corrected chi connectivity index (χ1v) is 9.73. The van der Waals surface area contributed by atoms with Crippen LogP contribution in [-0.2, 0) is 11.3 Å². The van der Waals surface area contributed by atoms with Crippen molar-refractivity contribution in [1.82, 2.24) is 20.1 Å². The standard InChI is InChI=1S/C23H24N4O2/c1-29-14-8-13-24-16-18-15-20-21(17-9-4-2-5-10-17)26-27(22(20)25-23(18)28)19-11-6-3-7-12-19/h2-7,9-12,15,24H,8,13-14,16H2,1H3,(H,25,28). The number of nitrogens with one attached hydrogen (secondary N) is 2. The first-order chi connectivity index (χ1) is 14.3. The van der Waals surface area contributed by atoms with E-state index in [9.17, 15) is 4.79 Å². The molecule has 0 saturated heterocycles. The molecule has 2 aromatic carbocycles. The summed E-state index contributed by atoms with van der Waals surface area (Å²) in [4.78, 5) is 15.8. The van der Waals surface area contributed by atoms with Crippen LogP contribution in [0.3, 0.4) is 0 Å². The van der Waals surface area contributed by atoms with Gasteiger partial charge >= 0.3 is 0 Å². The number of pyridine rings is 1. The van der Waals surface area contributed by atoms with Crippen molar-refractivity contribution in [2.75, 3.05) is 20.3 Å². The number of aromatic nitrogens is 3. The molecule has 0 radical (unpaired) electrons. The molecule has 148 valence electrons. The lowest BCUT2D eigenvalue weighted by Crippen LogP contribution is -2.22. The fraction of sp³-hybridized carbons (Fsp3) is 0.217. The zero-order chi connectivity index (χ0) is 20.1. The third-order valence-corrected chi connectivity index (χ3v) is 4.83. The number of para-hydroxylation sites is 1. The molecule has 0 unspecified atom stereocenters. The molecule has 0 spiro atoms. The number of aromatic amines is 1. The van der Waals surface area contributed by atoms with E-state index in [4.69, 9.17) is 9.84 Å². The molecular formula is C23H24N4O2. The van der Waals surface area contributed by atoms with Crippen molar-refractivity contribution in [2.24, 2.45) is 0 Å². The smallest absolute Gasteiger partial charge is 0.254 e. The van der Waals surface area contributed by atoms with Crippen LogP contribution in [0.5, 0.6) is 0 Å². The van der Waals surface area contributed by atoms with E-state index in [1.165, 1.54) is 0 Å². The second-order valence-electron chi connectivity index (χ2n) is 6.87. The van der Waals surface area contributed by atoms with E-state index in [0.29, 0.717) is 24.4 Å². The first kappa shape index (κ1) is 19.1. The molecule has 29 heavy (non-hydrogen) atoms. The minimum Gasteiger partial charge on any atom is -0.385 e. The van der Waals surface area contributed by atoms with E-state index >= 15 is 0 Å². The summed E-state index contributed by atoms with van der Waals surface area (Å²) in [7, 11) is 1.69. The quantitative estimate of drug-likeness (QED) is 0.453. The first-order valence-electron chi connectivity index (χ1n) is 9.73. The van der Waals surface area contributed by atoms with Crippen molar-refractivity contribution >= 4 is 11.0 Å². The van der Waals surface area contributed by atoms with Gasteiger partial charge in [0.25, 0.3) is 5.56 Å². The second kappa shape index (κ2) is 8.86. The molecule has 2 aromatic heterocycles. The van der Waals surface area contributed by atoms with Crippen molar-refractivity contribution < 1.29 is 4.74 Å². The molecule has 0 fully saturated rings. The summed E-state index contributed by atoms with van der Waals surface area (Å²) < 4.78 is 6.87. The number of H-pyrrole nitrogens is 1. The van der Waals surface area contributed by atoms with E-state index in [1.54, 1.807) is 11.8 Å². The molecule has 0 aliphatic heterocycles. The van der Waals surface area contributed by atoms with Crippen LogP contribution in [0.15, 0.2) is 71.5 Å². The molecule has 4 aromatic rings. The molecule has 0 bridgehead atoms. The van der Waals surface area contributed by atoms with Gasteiger partial charge in [0.05, 0.1) is 5.69 Å². The monoisotopic (exact) mass is 388 g/mol. The number of methoxy groups -OCH3 is 1. The van der Waals surface area contributed by atoms with Gasteiger partial charge in [0.1, 0.15) is 11.3 Å². The predicted molar refractivity (Wildman–Crippen MR) is 115 cm³/mol. The number of benzene rings is 2. The Kier molecular flexibility index (Phi) is 5.84. The van der Waals surface area contributed by atoms with Crippen molar-refractivity contribution in [2.45, 2.75) is 13.0 Å². The van der Waals surface area contributed by atoms with E-state index < -0.39 is 0 Å². The van der Waals surface area contributed by atoms with Gasteiger partial charge in [-0.25, -0.2) is 4.68 Å². The number of nitrogens with zero attached hydrogens (tertiary/aromatic N) is 2. The number of hydrogen-bond acceptors (Lipinski definition) is 4. The second-order valence-corrected chi connectivity index (χ2v) is 6.87. The molecule has 2 heterocycles. The van der Waals surface area contributed by atoms with Crippen LogP contribution in [0.2, 0.25) is 0 Å². The topological polar surface area (TPSA) is 71.9 Å². The number of ether oxygens (including phenoxy) is 1. The summed E-state index contributed by atoms with van der Waals surface area (Å²) in [6, 6.07) is 21.8. The van der Waals surface area contributed by atoms with Crippen LogP contribution in [0.4, 0.5) is 0 Å². The maximum atomic E-state index is 12.7. The number of hydrogen-bond donors (Lipinski definition) is 2. The number of fused-ring (bicyclic) bond motifs is 1. The summed E-state index contributed by atoms with van der Waals surface area (Å²) in [5, 5.41) is 9.08. The van der Waals surface area contributed by atoms with E-state index in [1.807, 2.05) is 66.7 Å².